The van der Waals surface area contributed by atoms with Gasteiger partial charge in [-0.1, -0.05) is 39.3 Å². The first-order valence-electron chi connectivity index (χ1n) is 7.75. The number of aryl methyl sites for hydroxylation is 2. The lowest BCUT2D eigenvalue weighted by molar-refractivity contribution is -0.0355. The third-order valence-electron chi connectivity index (χ3n) is 3.71. The molecule has 0 fully saturated rings. The van der Waals surface area contributed by atoms with Crippen molar-refractivity contribution in [2.75, 3.05) is 13.2 Å². The van der Waals surface area contributed by atoms with Crippen LogP contribution in [-0.2, 0) is 18.2 Å². The van der Waals surface area contributed by atoms with Gasteiger partial charge in [0.1, 0.15) is 0 Å². The number of nitrogens with zero attached hydrogens (tertiary/aromatic N) is 2. The van der Waals surface area contributed by atoms with Crippen molar-refractivity contribution < 1.29 is 4.74 Å². The monoisotopic (exact) mass is 315 g/mol. The highest BCUT2D eigenvalue weighted by atomic mass is 35.5. The highest BCUT2D eigenvalue weighted by Crippen LogP contribution is 2.29. The number of ether oxygens (including phenoxy) is 1. The van der Waals surface area contributed by atoms with E-state index in [1.165, 1.54) is 0 Å². The van der Waals surface area contributed by atoms with Gasteiger partial charge < -0.3 is 10.1 Å². The highest BCUT2D eigenvalue weighted by molar-refractivity contribution is 6.31. The number of aromatic nitrogens is 2. The van der Waals surface area contributed by atoms with E-state index >= 15 is 0 Å². The minimum Gasteiger partial charge on any atom is -0.376 e. The Hall–Kier alpha value is -0.580. The lowest BCUT2D eigenvalue weighted by Gasteiger charge is -2.37. The molecule has 4 nitrogen and oxygen atoms in total. The smallest absolute Gasteiger partial charge is 0.0847 e. The third-order valence-corrected chi connectivity index (χ3v) is 4.20. The van der Waals surface area contributed by atoms with E-state index in [1.807, 2.05) is 25.6 Å². The van der Waals surface area contributed by atoms with Gasteiger partial charge in [0.25, 0.3) is 0 Å². The molecule has 1 heterocycles. The molecule has 21 heavy (non-hydrogen) atoms. The number of likely N-dealkylation sites (N-methyl/N-ethyl adjacent to an activating group) is 1. The molecular weight excluding hydrogens is 286 g/mol. The van der Waals surface area contributed by atoms with Crippen LogP contribution in [0.25, 0.3) is 0 Å². The van der Waals surface area contributed by atoms with Crippen molar-refractivity contribution in [2.24, 2.45) is 12.5 Å². The number of nitrogens with one attached hydrogen (secondary N) is 1. The van der Waals surface area contributed by atoms with E-state index in [1.54, 1.807) is 0 Å². The fourth-order valence-electron chi connectivity index (χ4n) is 2.81. The van der Waals surface area contributed by atoms with E-state index in [9.17, 15) is 0 Å². The molecule has 0 radical (unpaired) electrons. The SMILES string of the molecule is CCNC(Cc1c(Cl)c(C)nn1C)C(OCC)C(C)(C)C. The molecule has 0 aliphatic rings. The van der Waals surface area contributed by atoms with Crippen LogP contribution < -0.4 is 5.32 Å². The van der Waals surface area contributed by atoms with E-state index in [2.05, 4.69) is 38.1 Å². The summed E-state index contributed by atoms with van der Waals surface area (Å²) in [5, 5.41) is 8.74. The van der Waals surface area contributed by atoms with Crippen molar-refractivity contribution in [3.05, 3.63) is 16.4 Å². The Labute approximate surface area is 134 Å². The molecule has 1 aromatic heterocycles. The Morgan fingerprint density at radius 3 is 2.33 bits per heavy atom. The number of hydrogen-bond donors (Lipinski definition) is 1. The van der Waals surface area contributed by atoms with Gasteiger partial charge in [0, 0.05) is 26.1 Å². The van der Waals surface area contributed by atoms with Crippen LogP contribution in [0.1, 0.15) is 46.0 Å². The zero-order chi connectivity index (χ0) is 16.2. The summed E-state index contributed by atoms with van der Waals surface area (Å²) in [6.45, 7) is 14.4. The predicted molar refractivity (Wildman–Crippen MR) is 89.0 cm³/mol. The molecule has 2 unspecified atom stereocenters. The van der Waals surface area contributed by atoms with Crippen LogP contribution in [0.3, 0.4) is 0 Å². The van der Waals surface area contributed by atoms with E-state index in [-0.39, 0.29) is 17.6 Å². The maximum atomic E-state index is 6.40. The summed E-state index contributed by atoms with van der Waals surface area (Å²) < 4.78 is 7.93. The van der Waals surface area contributed by atoms with Crippen LogP contribution in [-0.4, -0.2) is 35.1 Å². The fourth-order valence-corrected chi connectivity index (χ4v) is 3.05. The molecule has 0 spiro atoms. The quantitative estimate of drug-likeness (QED) is 0.838. The first kappa shape index (κ1) is 18.5. The van der Waals surface area contributed by atoms with Crippen LogP contribution in [0.5, 0.6) is 0 Å². The van der Waals surface area contributed by atoms with Crippen LogP contribution >= 0.6 is 11.6 Å². The number of rotatable bonds is 7. The minimum atomic E-state index is 0.0585. The maximum absolute atomic E-state index is 6.40. The van der Waals surface area contributed by atoms with E-state index in [0.717, 1.165) is 29.4 Å². The van der Waals surface area contributed by atoms with Gasteiger partial charge in [0.05, 0.1) is 22.5 Å². The second-order valence-corrected chi connectivity index (χ2v) is 6.96. The van der Waals surface area contributed by atoms with E-state index in [4.69, 9.17) is 16.3 Å². The Morgan fingerprint density at radius 2 is 1.95 bits per heavy atom. The average molecular weight is 316 g/mol. The summed E-state index contributed by atoms with van der Waals surface area (Å²) in [4.78, 5) is 0. The summed E-state index contributed by atoms with van der Waals surface area (Å²) in [5.74, 6) is 0. The Kier molecular flexibility index (Phi) is 6.70. The first-order chi connectivity index (χ1) is 9.72. The molecule has 0 saturated carbocycles. The van der Waals surface area contributed by atoms with Gasteiger partial charge in [-0.15, -0.1) is 0 Å². The molecule has 0 aliphatic carbocycles. The lowest BCUT2D eigenvalue weighted by Crippen LogP contribution is -2.49. The molecule has 1 aromatic rings. The van der Waals surface area contributed by atoms with Gasteiger partial charge in [0.2, 0.25) is 0 Å². The normalized spacial score (nSPS) is 15.2. The van der Waals surface area contributed by atoms with E-state index in [0.29, 0.717) is 6.61 Å². The summed E-state index contributed by atoms with van der Waals surface area (Å²) in [5.41, 5.74) is 2.00. The average Bonchev–Trinajstić information content (AvgIpc) is 2.60. The second-order valence-electron chi connectivity index (χ2n) is 6.58. The molecule has 122 valence electrons. The maximum Gasteiger partial charge on any atom is 0.0847 e. The molecule has 0 saturated heterocycles. The van der Waals surface area contributed by atoms with Gasteiger partial charge in [-0.3, -0.25) is 4.68 Å². The molecular formula is C16H30ClN3O. The molecule has 0 amide bonds. The Morgan fingerprint density at radius 1 is 1.33 bits per heavy atom. The molecule has 5 heteroatoms. The van der Waals surface area contributed by atoms with Gasteiger partial charge in [0.15, 0.2) is 0 Å². The first-order valence-corrected chi connectivity index (χ1v) is 8.13. The molecule has 1 rings (SSSR count). The summed E-state index contributed by atoms with van der Waals surface area (Å²) in [7, 11) is 1.95. The van der Waals surface area contributed by atoms with Gasteiger partial charge >= 0.3 is 0 Å². The van der Waals surface area contributed by atoms with E-state index < -0.39 is 0 Å². The number of halogens is 1. The fraction of sp³-hybridized carbons (Fsp3) is 0.812. The van der Waals surface area contributed by atoms with Crippen LogP contribution in [0.15, 0.2) is 0 Å². The number of hydrogen-bond acceptors (Lipinski definition) is 3. The van der Waals surface area contributed by atoms with Crippen molar-refractivity contribution in [3.8, 4) is 0 Å². The Bertz CT molecular complexity index is 451. The van der Waals surface area contributed by atoms with Gasteiger partial charge in [-0.2, -0.15) is 5.10 Å². The topological polar surface area (TPSA) is 39.1 Å². The molecule has 1 N–H and O–H groups in total. The van der Waals surface area contributed by atoms with Gasteiger partial charge in [-0.25, -0.2) is 0 Å². The summed E-state index contributed by atoms with van der Waals surface area (Å²) in [6.07, 6.45) is 0.931. The van der Waals surface area contributed by atoms with Crippen molar-refractivity contribution in [2.45, 2.75) is 60.1 Å². The molecule has 0 aromatic carbocycles. The standard InChI is InChI=1S/C16H30ClN3O/c1-8-18-12(15(21-9-2)16(4,5)6)10-13-14(17)11(3)19-20(13)7/h12,15,18H,8-10H2,1-7H3. The molecule has 2 atom stereocenters. The minimum absolute atomic E-state index is 0.0585. The largest absolute Gasteiger partial charge is 0.376 e. The molecule has 0 bridgehead atoms. The summed E-state index contributed by atoms with van der Waals surface area (Å²) >= 11 is 6.40. The molecule has 0 aliphatic heterocycles. The van der Waals surface area contributed by atoms with Crippen molar-refractivity contribution in [1.82, 2.24) is 15.1 Å². The van der Waals surface area contributed by atoms with Crippen molar-refractivity contribution in [1.29, 1.82) is 0 Å². The van der Waals surface area contributed by atoms with Crippen LogP contribution in [0.4, 0.5) is 0 Å². The highest BCUT2D eigenvalue weighted by Gasteiger charge is 2.33. The second kappa shape index (κ2) is 7.61. The third kappa shape index (κ3) is 4.70. The van der Waals surface area contributed by atoms with Crippen LogP contribution in [0, 0.1) is 12.3 Å². The predicted octanol–water partition coefficient (Wildman–Crippen LogP) is 3.35. The zero-order valence-corrected chi connectivity index (χ0v) is 15.2. The van der Waals surface area contributed by atoms with Gasteiger partial charge in [-0.05, 0) is 25.8 Å². The summed E-state index contributed by atoms with van der Waals surface area (Å²) in [6, 6.07) is 0.210. The zero-order valence-electron chi connectivity index (χ0n) is 14.5. The lowest BCUT2D eigenvalue weighted by atomic mass is 9.82. The van der Waals surface area contributed by atoms with Crippen molar-refractivity contribution in [3.63, 3.8) is 0 Å². The van der Waals surface area contributed by atoms with Crippen LogP contribution in [0.2, 0.25) is 5.02 Å². The Balaban J connectivity index is 3.04. The van der Waals surface area contributed by atoms with Crippen molar-refractivity contribution >= 4 is 11.6 Å².